The van der Waals surface area contributed by atoms with Crippen molar-refractivity contribution in [3.8, 4) is 0 Å². The number of esters is 1. The lowest BCUT2D eigenvalue weighted by atomic mass is 9.91. The second kappa shape index (κ2) is 15.6. The van der Waals surface area contributed by atoms with Crippen molar-refractivity contribution in [2.45, 2.75) is 70.9 Å². The number of ether oxygens (including phenoxy) is 2. The third-order valence-electron chi connectivity index (χ3n) is 8.31. The van der Waals surface area contributed by atoms with Crippen LogP contribution in [0.4, 0.5) is 4.79 Å². The summed E-state index contributed by atoms with van der Waals surface area (Å²) in [7, 11) is 0. The van der Waals surface area contributed by atoms with Crippen molar-refractivity contribution in [1.82, 2.24) is 20.4 Å². The Morgan fingerprint density at radius 1 is 0.881 bits per heavy atom. The lowest BCUT2D eigenvalue weighted by molar-refractivity contribution is -0.147. The summed E-state index contributed by atoms with van der Waals surface area (Å²) in [4.78, 5) is 66.4. The fourth-order valence-electron chi connectivity index (χ4n) is 5.54. The number of benzene rings is 1. The molecule has 2 N–H and O–H groups in total. The summed E-state index contributed by atoms with van der Waals surface area (Å²) in [6, 6.07) is 8.67. The highest BCUT2D eigenvalue weighted by atomic mass is 16.6. The van der Waals surface area contributed by atoms with Crippen molar-refractivity contribution >= 4 is 29.8 Å². The molecule has 1 saturated carbocycles. The van der Waals surface area contributed by atoms with Gasteiger partial charge in [-0.2, -0.15) is 0 Å². The maximum Gasteiger partial charge on any atom is 0.410 e. The standard InChI is InChI=1S/C31H44N4O7/c1-2-41-30(39)26(33-29(38)24-11-12-24)19-32-28(37)25-9-6-16-35(20-25)27(36)13-10-22-14-17-34(18-15-22)31(40)42-21-23-7-4-3-5-8-23/h3-5,7-8,22,24-26H,2,6,9-21H2,1H3,(H,32,37)(H,33,38)/t25-,26?/m1/s1. The summed E-state index contributed by atoms with van der Waals surface area (Å²) in [5, 5.41) is 5.49. The van der Waals surface area contributed by atoms with Crippen LogP contribution < -0.4 is 10.6 Å². The maximum atomic E-state index is 13.0. The number of piperidine rings is 2. The SMILES string of the molecule is CCOC(=O)C(CNC(=O)[C@@H]1CCCN(C(=O)CCC2CCN(C(=O)OCc3ccccc3)CC2)C1)NC(=O)C1CC1. The third kappa shape index (κ3) is 9.46. The van der Waals surface area contributed by atoms with E-state index in [1.807, 2.05) is 30.3 Å². The van der Waals surface area contributed by atoms with Crippen molar-refractivity contribution in [3.05, 3.63) is 35.9 Å². The number of likely N-dealkylation sites (tertiary alicyclic amines) is 2. The van der Waals surface area contributed by atoms with Gasteiger partial charge in [-0.1, -0.05) is 30.3 Å². The average Bonchev–Trinajstić information content (AvgIpc) is 3.87. The zero-order valence-electron chi connectivity index (χ0n) is 24.6. The van der Waals surface area contributed by atoms with Gasteiger partial charge >= 0.3 is 12.1 Å². The molecule has 0 radical (unpaired) electrons. The fraction of sp³-hybridized carbons (Fsp3) is 0.645. The van der Waals surface area contributed by atoms with Crippen molar-refractivity contribution in [2.75, 3.05) is 39.3 Å². The fourth-order valence-corrected chi connectivity index (χ4v) is 5.54. The summed E-state index contributed by atoms with van der Waals surface area (Å²) in [5.41, 5.74) is 0.954. The molecule has 42 heavy (non-hydrogen) atoms. The van der Waals surface area contributed by atoms with Crippen LogP contribution in [0.25, 0.3) is 0 Å². The van der Waals surface area contributed by atoms with E-state index in [2.05, 4.69) is 10.6 Å². The molecule has 2 aliphatic heterocycles. The first-order valence-corrected chi connectivity index (χ1v) is 15.3. The van der Waals surface area contributed by atoms with E-state index in [1.54, 1.807) is 16.7 Å². The van der Waals surface area contributed by atoms with E-state index in [1.165, 1.54) is 0 Å². The van der Waals surface area contributed by atoms with Gasteiger partial charge in [0.15, 0.2) is 0 Å². The minimum Gasteiger partial charge on any atom is -0.464 e. The molecule has 2 saturated heterocycles. The van der Waals surface area contributed by atoms with Crippen LogP contribution in [0.5, 0.6) is 0 Å². The Balaban J connectivity index is 1.15. The van der Waals surface area contributed by atoms with E-state index in [4.69, 9.17) is 9.47 Å². The lowest BCUT2D eigenvalue weighted by Gasteiger charge is -2.34. The predicted octanol–water partition coefficient (Wildman–Crippen LogP) is 2.63. The van der Waals surface area contributed by atoms with Gasteiger partial charge in [0, 0.05) is 45.1 Å². The van der Waals surface area contributed by atoms with Crippen LogP contribution >= 0.6 is 0 Å². The van der Waals surface area contributed by atoms with Crippen LogP contribution in [0.15, 0.2) is 30.3 Å². The number of carbonyl (C=O) groups excluding carboxylic acids is 5. The maximum absolute atomic E-state index is 13.0. The molecule has 0 spiro atoms. The van der Waals surface area contributed by atoms with E-state index in [9.17, 15) is 24.0 Å². The molecule has 3 aliphatic rings. The topological polar surface area (TPSA) is 134 Å². The Morgan fingerprint density at radius 3 is 2.31 bits per heavy atom. The van der Waals surface area contributed by atoms with Gasteiger partial charge in [-0.15, -0.1) is 0 Å². The largest absolute Gasteiger partial charge is 0.464 e. The van der Waals surface area contributed by atoms with E-state index in [0.29, 0.717) is 44.9 Å². The highest BCUT2D eigenvalue weighted by Crippen LogP contribution is 2.29. The third-order valence-corrected chi connectivity index (χ3v) is 8.31. The van der Waals surface area contributed by atoms with Crippen LogP contribution in [0.1, 0.15) is 63.9 Å². The number of nitrogens with one attached hydrogen (secondary N) is 2. The van der Waals surface area contributed by atoms with Gasteiger partial charge in [0.1, 0.15) is 12.6 Å². The van der Waals surface area contributed by atoms with E-state index in [0.717, 1.165) is 44.1 Å². The first kappa shape index (κ1) is 31.3. The number of hydrogen-bond donors (Lipinski definition) is 2. The van der Waals surface area contributed by atoms with Gasteiger partial charge in [-0.05, 0) is 63.4 Å². The second-order valence-electron chi connectivity index (χ2n) is 11.5. The molecule has 0 aromatic heterocycles. The quantitative estimate of drug-likeness (QED) is 0.361. The van der Waals surface area contributed by atoms with Crippen LogP contribution in [0.2, 0.25) is 0 Å². The van der Waals surface area contributed by atoms with Crippen LogP contribution in [0, 0.1) is 17.8 Å². The summed E-state index contributed by atoms with van der Waals surface area (Å²) in [6.07, 6.45) is 5.53. The molecule has 2 atom stereocenters. The number of carbonyl (C=O) groups is 5. The summed E-state index contributed by atoms with van der Waals surface area (Å²) >= 11 is 0. The van der Waals surface area contributed by atoms with Gasteiger partial charge in [-0.3, -0.25) is 14.4 Å². The van der Waals surface area contributed by atoms with Gasteiger partial charge in [0.2, 0.25) is 17.7 Å². The Kier molecular flexibility index (Phi) is 11.6. The molecular formula is C31H44N4O7. The highest BCUT2D eigenvalue weighted by Gasteiger charge is 2.34. The molecule has 1 unspecified atom stereocenters. The summed E-state index contributed by atoms with van der Waals surface area (Å²) < 4.78 is 10.5. The zero-order chi connectivity index (χ0) is 29.9. The smallest absolute Gasteiger partial charge is 0.410 e. The van der Waals surface area contributed by atoms with Gasteiger partial charge < -0.3 is 29.9 Å². The van der Waals surface area contributed by atoms with E-state index < -0.39 is 12.0 Å². The molecule has 2 heterocycles. The van der Waals surface area contributed by atoms with Crippen LogP contribution in [0.3, 0.4) is 0 Å². The highest BCUT2D eigenvalue weighted by molar-refractivity contribution is 5.88. The first-order chi connectivity index (χ1) is 20.3. The molecule has 1 aliphatic carbocycles. The normalized spacial score (nSPS) is 19.9. The molecule has 3 fully saturated rings. The molecule has 4 amide bonds. The Bertz CT molecular complexity index is 1090. The van der Waals surface area contributed by atoms with Crippen LogP contribution in [-0.4, -0.2) is 85.0 Å². The second-order valence-corrected chi connectivity index (χ2v) is 11.5. The molecule has 11 nitrogen and oxygen atoms in total. The molecule has 0 bridgehead atoms. The van der Waals surface area contributed by atoms with Gasteiger partial charge in [-0.25, -0.2) is 9.59 Å². The van der Waals surface area contributed by atoms with Crippen LogP contribution in [-0.2, 0) is 35.3 Å². The Labute approximate surface area is 247 Å². The predicted molar refractivity (Wildman–Crippen MR) is 154 cm³/mol. The molecule has 1 aromatic rings. The molecule has 1 aromatic carbocycles. The monoisotopic (exact) mass is 584 g/mol. The molecular weight excluding hydrogens is 540 g/mol. The number of amides is 4. The number of hydrogen-bond acceptors (Lipinski definition) is 7. The van der Waals surface area contributed by atoms with E-state index in [-0.39, 0.29) is 55.4 Å². The summed E-state index contributed by atoms with van der Waals surface area (Å²) in [6.45, 7) is 4.29. The van der Waals surface area contributed by atoms with Gasteiger partial charge in [0.05, 0.1) is 12.5 Å². The van der Waals surface area contributed by atoms with Gasteiger partial charge in [0.25, 0.3) is 0 Å². The zero-order valence-corrected chi connectivity index (χ0v) is 24.6. The average molecular weight is 585 g/mol. The first-order valence-electron chi connectivity index (χ1n) is 15.3. The molecule has 230 valence electrons. The Hall–Kier alpha value is -3.63. The van der Waals surface area contributed by atoms with Crippen molar-refractivity contribution in [1.29, 1.82) is 0 Å². The molecule has 4 rings (SSSR count). The number of nitrogens with zero attached hydrogens (tertiary/aromatic N) is 2. The van der Waals surface area contributed by atoms with Crippen molar-refractivity contribution in [3.63, 3.8) is 0 Å². The molecule has 11 heteroatoms. The number of rotatable bonds is 12. The summed E-state index contributed by atoms with van der Waals surface area (Å²) in [5.74, 6) is -1.01. The van der Waals surface area contributed by atoms with Crippen molar-refractivity contribution < 1.29 is 33.4 Å². The van der Waals surface area contributed by atoms with Crippen molar-refractivity contribution in [2.24, 2.45) is 17.8 Å². The van der Waals surface area contributed by atoms with E-state index >= 15 is 0 Å². The minimum absolute atomic E-state index is 0.0401. The minimum atomic E-state index is -0.930. The Morgan fingerprint density at radius 2 is 1.62 bits per heavy atom. The lowest BCUT2D eigenvalue weighted by Crippen LogP contribution is -2.52.